The molecule has 4 nitrogen and oxygen atoms in total. The maximum absolute atomic E-state index is 12.2. The third-order valence-electron chi connectivity index (χ3n) is 2.84. The summed E-state index contributed by atoms with van der Waals surface area (Å²) in [6, 6.07) is 9.76. The Morgan fingerprint density at radius 1 is 1.32 bits per heavy atom. The minimum absolute atomic E-state index is 0.0101. The van der Waals surface area contributed by atoms with Crippen molar-refractivity contribution >= 4 is 5.91 Å². The Balaban J connectivity index is 2.15. The van der Waals surface area contributed by atoms with Crippen LogP contribution < -0.4 is 0 Å². The van der Waals surface area contributed by atoms with E-state index in [4.69, 9.17) is 0 Å². The first kappa shape index (κ1) is 13.3. The fraction of sp³-hybridized carbons (Fsp3) is 0.333. The van der Waals surface area contributed by atoms with Crippen molar-refractivity contribution in [2.45, 2.75) is 13.8 Å². The summed E-state index contributed by atoms with van der Waals surface area (Å²) in [7, 11) is 1.82. The molecular weight excluding hydrogens is 238 g/mol. The van der Waals surface area contributed by atoms with E-state index < -0.39 is 0 Å². The second kappa shape index (κ2) is 5.69. The van der Waals surface area contributed by atoms with E-state index in [0.29, 0.717) is 11.5 Å². The summed E-state index contributed by atoms with van der Waals surface area (Å²) in [4.78, 5) is 13.9. The largest absolute Gasteiger partial charge is 0.341 e. The van der Waals surface area contributed by atoms with Crippen molar-refractivity contribution in [2.24, 2.45) is 5.92 Å². The van der Waals surface area contributed by atoms with Gasteiger partial charge in [0.05, 0.1) is 17.4 Å². The summed E-state index contributed by atoms with van der Waals surface area (Å²) in [6.07, 6.45) is 3.39. The molecule has 0 spiro atoms. The summed E-state index contributed by atoms with van der Waals surface area (Å²) in [6.45, 7) is 4.93. The van der Waals surface area contributed by atoms with Crippen molar-refractivity contribution in [3.05, 3.63) is 48.3 Å². The minimum Gasteiger partial charge on any atom is -0.341 e. The van der Waals surface area contributed by atoms with Gasteiger partial charge in [0.1, 0.15) is 0 Å². The summed E-state index contributed by atoms with van der Waals surface area (Å²) < 4.78 is 1.72. The standard InChI is InChI=1S/C15H19N3O/c1-12(2)10-17(3)15(19)13-9-16-18(11-13)14-7-5-4-6-8-14/h4-9,11-12H,10H2,1-3H3. The third-order valence-corrected chi connectivity index (χ3v) is 2.84. The van der Waals surface area contributed by atoms with Crippen LogP contribution in [0.5, 0.6) is 0 Å². The quantitative estimate of drug-likeness (QED) is 0.844. The highest BCUT2D eigenvalue weighted by Crippen LogP contribution is 2.10. The zero-order chi connectivity index (χ0) is 13.8. The summed E-state index contributed by atoms with van der Waals surface area (Å²) in [5.41, 5.74) is 1.57. The molecular formula is C15H19N3O. The van der Waals surface area contributed by atoms with Gasteiger partial charge >= 0.3 is 0 Å². The molecule has 1 aromatic carbocycles. The van der Waals surface area contributed by atoms with Crippen LogP contribution in [0.25, 0.3) is 5.69 Å². The Morgan fingerprint density at radius 2 is 2.00 bits per heavy atom. The van der Waals surface area contributed by atoms with E-state index in [2.05, 4.69) is 18.9 Å². The Morgan fingerprint density at radius 3 is 2.63 bits per heavy atom. The van der Waals surface area contributed by atoms with E-state index >= 15 is 0 Å². The Labute approximate surface area is 113 Å². The predicted octanol–water partition coefficient (Wildman–Crippen LogP) is 2.60. The number of amides is 1. The molecule has 1 aromatic heterocycles. The molecule has 100 valence electrons. The van der Waals surface area contributed by atoms with Gasteiger partial charge in [-0.2, -0.15) is 5.10 Å². The molecule has 0 aliphatic carbocycles. The molecule has 0 fully saturated rings. The van der Waals surface area contributed by atoms with Gasteiger partial charge in [-0.05, 0) is 18.1 Å². The first-order valence-electron chi connectivity index (χ1n) is 6.43. The molecule has 4 heteroatoms. The highest BCUT2D eigenvalue weighted by Gasteiger charge is 2.14. The van der Waals surface area contributed by atoms with Crippen molar-refractivity contribution in [1.29, 1.82) is 0 Å². The number of carbonyl (C=O) groups is 1. The van der Waals surface area contributed by atoms with Gasteiger partial charge in [0.15, 0.2) is 0 Å². The van der Waals surface area contributed by atoms with Crippen LogP contribution in [0.3, 0.4) is 0 Å². The van der Waals surface area contributed by atoms with Crippen molar-refractivity contribution in [2.75, 3.05) is 13.6 Å². The fourth-order valence-electron chi connectivity index (χ4n) is 2.01. The van der Waals surface area contributed by atoms with E-state index in [1.807, 2.05) is 37.4 Å². The van der Waals surface area contributed by atoms with Gasteiger partial charge in [-0.25, -0.2) is 4.68 Å². The lowest BCUT2D eigenvalue weighted by Crippen LogP contribution is -2.29. The number of carbonyl (C=O) groups excluding carboxylic acids is 1. The smallest absolute Gasteiger partial charge is 0.256 e. The topological polar surface area (TPSA) is 38.1 Å². The summed E-state index contributed by atoms with van der Waals surface area (Å²) >= 11 is 0. The van der Waals surface area contributed by atoms with Crippen molar-refractivity contribution in [1.82, 2.24) is 14.7 Å². The zero-order valence-electron chi connectivity index (χ0n) is 11.6. The molecule has 0 radical (unpaired) electrons. The van der Waals surface area contributed by atoms with Crippen LogP contribution in [0.2, 0.25) is 0 Å². The molecule has 0 atom stereocenters. The number of aromatic nitrogens is 2. The molecule has 0 unspecified atom stereocenters. The molecule has 0 saturated carbocycles. The van der Waals surface area contributed by atoms with Gasteiger partial charge in [-0.3, -0.25) is 4.79 Å². The van der Waals surface area contributed by atoms with Crippen molar-refractivity contribution in [3.63, 3.8) is 0 Å². The molecule has 0 N–H and O–H groups in total. The third kappa shape index (κ3) is 3.22. The second-order valence-corrected chi connectivity index (χ2v) is 5.09. The number of hydrogen-bond donors (Lipinski definition) is 0. The highest BCUT2D eigenvalue weighted by molar-refractivity contribution is 5.93. The van der Waals surface area contributed by atoms with Crippen LogP contribution in [-0.2, 0) is 0 Å². The molecule has 0 aliphatic heterocycles. The lowest BCUT2D eigenvalue weighted by Gasteiger charge is -2.18. The van der Waals surface area contributed by atoms with Gasteiger partial charge < -0.3 is 4.90 Å². The predicted molar refractivity (Wildman–Crippen MR) is 75.4 cm³/mol. The van der Waals surface area contributed by atoms with Gasteiger partial charge in [-0.1, -0.05) is 32.0 Å². The average Bonchev–Trinajstić information content (AvgIpc) is 2.87. The van der Waals surface area contributed by atoms with Crippen LogP contribution in [0.15, 0.2) is 42.7 Å². The highest BCUT2D eigenvalue weighted by atomic mass is 16.2. The summed E-state index contributed by atoms with van der Waals surface area (Å²) in [5.74, 6) is 0.467. The molecule has 1 amide bonds. The SMILES string of the molecule is CC(C)CN(C)C(=O)c1cnn(-c2ccccc2)c1. The molecule has 2 rings (SSSR count). The first-order chi connectivity index (χ1) is 9.08. The maximum Gasteiger partial charge on any atom is 0.256 e. The molecule has 0 aliphatic rings. The van der Waals surface area contributed by atoms with Crippen LogP contribution in [-0.4, -0.2) is 34.2 Å². The van der Waals surface area contributed by atoms with Crippen LogP contribution in [0.4, 0.5) is 0 Å². The van der Waals surface area contributed by atoms with Crippen molar-refractivity contribution in [3.8, 4) is 5.69 Å². The van der Waals surface area contributed by atoms with Gasteiger partial charge in [0.25, 0.3) is 5.91 Å². The molecule has 0 bridgehead atoms. The zero-order valence-corrected chi connectivity index (χ0v) is 11.6. The van der Waals surface area contributed by atoms with Crippen LogP contribution in [0, 0.1) is 5.92 Å². The van der Waals surface area contributed by atoms with Gasteiger partial charge in [0, 0.05) is 19.8 Å². The summed E-state index contributed by atoms with van der Waals surface area (Å²) in [5, 5.41) is 4.24. The number of benzene rings is 1. The average molecular weight is 257 g/mol. The molecule has 19 heavy (non-hydrogen) atoms. The fourth-order valence-corrected chi connectivity index (χ4v) is 2.01. The first-order valence-corrected chi connectivity index (χ1v) is 6.43. The number of para-hydroxylation sites is 1. The van der Waals surface area contributed by atoms with E-state index in [-0.39, 0.29) is 5.91 Å². The lowest BCUT2D eigenvalue weighted by molar-refractivity contribution is 0.0779. The van der Waals surface area contributed by atoms with E-state index in [1.165, 1.54) is 0 Å². The van der Waals surface area contributed by atoms with Crippen LogP contribution >= 0.6 is 0 Å². The Bertz CT molecular complexity index is 546. The molecule has 2 aromatic rings. The monoisotopic (exact) mass is 257 g/mol. The Hall–Kier alpha value is -2.10. The van der Waals surface area contributed by atoms with Crippen molar-refractivity contribution < 1.29 is 4.79 Å². The number of rotatable bonds is 4. The van der Waals surface area contributed by atoms with E-state index in [0.717, 1.165) is 12.2 Å². The molecule has 0 saturated heterocycles. The normalized spacial score (nSPS) is 10.7. The van der Waals surface area contributed by atoms with Gasteiger partial charge in [-0.15, -0.1) is 0 Å². The number of hydrogen-bond acceptors (Lipinski definition) is 2. The van der Waals surface area contributed by atoms with Gasteiger partial charge in [0.2, 0.25) is 0 Å². The minimum atomic E-state index is 0.0101. The van der Waals surface area contributed by atoms with E-state index in [9.17, 15) is 4.79 Å². The number of nitrogens with zero attached hydrogens (tertiary/aromatic N) is 3. The Kier molecular flexibility index (Phi) is 4.00. The maximum atomic E-state index is 12.2. The lowest BCUT2D eigenvalue weighted by atomic mass is 10.2. The molecule has 1 heterocycles. The second-order valence-electron chi connectivity index (χ2n) is 5.09. The van der Waals surface area contributed by atoms with Crippen LogP contribution in [0.1, 0.15) is 24.2 Å². The van der Waals surface area contributed by atoms with E-state index in [1.54, 1.807) is 22.0 Å².